The molecule has 6 heteroatoms. The molecule has 4 N–H and O–H groups in total. The summed E-state index contributed by atoms with van der Waals surface area (Å²) in [5, 5.41) is 19.3. The van der Waals surface area contributed by atoms with Crippen molar-refractivity contribution in [3.63, 3.8) is 0 Å². The molecule has 2 aliphatic rings. The molecule has 0 aromatic carbocycles. The van der Waals surface area contributed by atoms with Gasteiger partial charge in [0.1, 0.15) is 11.6 Å². The zero-order chi connectivity index (χ0) is 17.8. The van der Waals surface area contributed by atoms with Crippen molar-refractivity contribution in [1.29, 1.82) is 0 Å². The second-order valence-electron chi connectivity index (χ2n) is 6.28. The molecule has 0 radical (unpaired) electrons. The summed E-state index contributed by atoms with van der Waals surface area (Å²) >= 11 is 0. The van der Waals surface area contributed by atoms with E-state index in [0.29, 0.717) is 29.5 Å². The van der Waals surface area contributed by atoms with Crippen LogP contribution in [0.5, 0.6) is 0 Å². The van der Waals surface area contributed by atoms with Crippen molar-refractivity contribution < 1.29 is 9.90 Å². The summed E-state index contributed by atoms with van der Waals surface area (Å²) in [6, 6.07) is 1.76. The number of aliphatic hydroxyl groups is 1. The van der Waals surface area contributed by atoms with Crippen LogP contribution in [0.25, 0.3) is 5.57 Å². The zero-order valence-electron chi connectivity index (χ0n) is 14.4. The first-order chi connectivity index (χ1) is 12.1. The van der Waals surface area contributed by atoms with Crippen LogP contribution >= 0.6 is 0 Å². The summed E-state index contributed by atoms with van der Waals surface area (Å²) < 4.78 is 0. The molecule has 1 unspecified atom stereocenters. The summed E-state index contributed by atoms with van der Waals surface area (Å²) in [5.41, 5.74) is 3.35. The Bertz CT molecular complexity index is 746. The highest BCUT2D eigenvalue weighted by Gasteiger charge is 2.26. The molecule has 1 fully saturated rings. The maximum absolute atomic E-state index is 11.7. The summed E-state index contributed by atoms with van der Waals surface area (Å²) in [5.74, 6) is 1.03. The lowest BCUT2D eigenvalue weighted by Crippen LogP contribution is -2.36. The fraction of sp³-hybridized carbons (Fsp3) is 0.368. The molecule has 0 spiro atoms. The van der Waals surface area contributed by atoms with Gasteiger partial charge in [-0.25, -0.2) is 9.78 Å². The number of nitrogens with one attached hydrogen (secondary N) is 3. The number of amides is 2. The summed E-state index contributed by atoms with van der Waals surface area (Å²) in [7, 11) is 0. The van der Waals surface area contributed by atoms with E-state index in [1.54, 1.807) is 18.2 Å². The molecule has 132 valence electrons. The van der Waals surface area contributed by atoms with Gasteiger partial charge in [-0.15, -0.1) is 0 Å². The number of hydrogen-bond donors (Lipinski definition) is 4. The highest BCUT2D eigenvalue weighted by molar-refractivity contribution is 5.92. The summed E-state index contributed by atoms with van der Waals surface area (Å²) in [6.07, 6.45) is 7.17. The highest BCUT2D eigenvalue weighted by atomic mass is 16.3. The number of nitrogens with zero attached hydrogens (tertiary/aromatic N) is 1. The Morgan fingerprint density at radius 1 is 1.48 bits per heavy atom. The number of anilines is 1. The molecule has 6 nitrogen and oxygen atoms in total. The third kappa shape index (κ3) is 3.58. The predicted molar refractivity (Wildman–Crippen MR) is 99.5 cm³/mol. The number of aliphatic hydroxyl groups excluding tert-OH is 1. The number of pyridine rings is 1. The normalized spacial score (nSPS) is 21.2. The van der Waals surface area contributed by atoms with Gasteiger partial charge >= 0.3 is 6.03 Å². The summed E-state index contributed by atoms with van der Waals surface area (Å²) in [4.78, 5) is 16.3. The first-order valence-corrected chi connectivity index (χ1v) is 8.62. The van der Waals surface area contributed by atoms with Crippen molar-refractivity contribution in [3.8, 4) is 0 Å². The zero-order valence-corrected chi connectivity index (χ0v) is 14.4. The van der Waals surface area contributed by atoms with E-state index in [0.717, 1.165) is 37.1 Å². The van der Waals surface area contributed by atoms with Crippen LogP contribution in [-0.2, 0) is 6.54 Å². The molecule has 1 saturated heterocycles. The molecule has 1 atom stereocenters. The third-order valence-corrected chi connectivity index (χ3v) is 4.63. The first-order valence-electron chi connectivity index (χ1n) is 8.62. The standard InChI is InChI=1S/C19H24N4O2/c1-3-6-17(24)13(4-2)16-9-14(12-7-5-8-20-10-12)15-11-21-19(25)23-18(15)22-16/h3-4,6,9,12,20,24H,2,5,7-8,10-11H2,1H3,(H2,21,22,23,25)/b6-3-,17-13-. The number of aromatic nitrogens is 1. The van der Waals surface area contributed by atoms with E-state index in [1.807, 2.05) is 13.0 Å². The summed E-state index contributed by atoms with van der Waals surface area (Å²) in [6.45, 7) is 8.04. The molecule has 2 aliphatic heterocycles. The molecule has 0 aliphatic carbocycles. The van der Waals surface area contributed by atoms with Crippen molar-refractivity contribution in [2.45, 2.75) is 32.2 Å². The van der Waals surface area contributed by atoms with Gasteiger partial charge in [0.25, 0.3) is 0 Å². The smallest absolute Gasteiger partial charge is 0.320 e. The Hall–Kier alpha value is -2.60. The van der Waals surface area contributed by atoms with Gasteiger partial charge in [0.15, 0.2) is 0 Å². The molecule has 1 aromatic rings. The lowest BCUT2D eigenvalue weighted by Gasteiger charge is -2.29. The Balaban J connectivity index is 2.13. The van der Waals surface area contributed by atoms with Crippen molar-refractivity contribution in [3.05, 3.63) is 53.5 Å². The van der Waals surface area contributed by atoms with Gasteiger partial charge < -0.3 is 15.7 Å². The monoisotopic (exact) mass is 340 g/mol. The number of hydrogen-bond acceptors (Lipinski definition) is 4. The van der Waals surface area contributed by atoms with Gasteiger partial charge in [0.2, 0.25) is 0 Å². The Labute approximate surface area is 147 Å². The fourth-order valence-electron chi connectivity index (χ4n) is 3.41. The molecule has 0 saturated carbocycles. The third-order valence-electron chi connectivity index (χ3n) is 4.63. The lowest BCUT2D eigenvalue weighted by molar-refractivity contribution is 0.250. The van der Waals surface area contributed by atoms with E-state index < -0.39 is 0 Å². The quantitative estimate of drug-likeness (QED) is 0.501. The Kier molecular flexibility index (Phi) is 5.19. The van der Waals surface area contributed by atoms with E-state index in [2.05, 4.69) is 27.5 Å². The SMILES string of the molecule is C=C/C(=C(O)\C=C/C)c1cc(C2CCCNC2)c2c(n1)NC(=O)NC2. The van der Waals surface area contributed by atoms with Crippen molar-refractivity contribution in [2.75, 3.05) is 18.4 Å². The van der Waals surface area contributed by atoms with Crippen LogP contribution in [0, 0.1) is 0 Å². The van der Waals surface area contributed by atoms with Crippen LogP contribution in [-0.4, -0.2) is 29.2 Å². The van der Waals surface area contributed by atoms with Gasteiger partial charge in [-0.1, -0.05) is 18.7 Å². The molecular formula is C19H24N4O2. The average molecular weight is 340 g/mol. The number of fused-ring (bicyclic) bond motifs is 1. The van der Waals surface area contributed by atoms with Crippen LogP contribution in [0.2, 0.25) is 0 Å². The van der Waals surface area contributed by atoms with Crippen LogP contribution in [0.15, 0.2) is 36.6 Å². The number of rotatable bonds is 4. The van der Waals surface area contributed by atoms with Gasteiger partial charge in [0.05, 0.1) is 5.69 Å². The van der Waals surface area contributed by atoms with Crippen LogP contribution < -0.4 is 16.0 Å². The van der Waals surface area contributed by atoms with Crippen molar-refractivity contribution in [2.24, 2.45) is 0 Å². The van der Waals surface area contributed by atoms with Crippen LogP contribution in [0.3, 0.4) is 0 Å². The largest absolute Gasteiger partial charge is 0.507 e. The van der Waals surface area contributed by atoms with Crippen molar-refractivity contribution in [1.82, 2.24) is 15.6 Å². The number of carbonyl (C=O) groups excluding carboxylic acids is 1. The number of carbonyl (C=O) groups is 1. The lowest BCUT2D eigenvalue weighted by atomic mass is 9.87. The highest BCUT2D eigenvalue weighted by Crippen LogP contribution is 2.34. The topological polar surface area (TPSA) is 86.3 Å². The number of urea groups is 1. The molecular weight excluding hydrogens is 316 g/mol. The second kappa shape index (κ2) is 7.53. The van der Waals surface area contributed by atoms with E-state index in [9.17, 15) is 9.90 Å². The van der Waals surface area contributed by atoms with Gasteiger partial charge in [-0.2, -0.15) is 0 Å². The fourth-order valence-corrected chi connectivity index (χ4v) is 3.41. The van der Waals surface area contributed by atoms with E-state index in [-0.39, 0.29) is 11.8 Å². The minimum atomic E-state index is -0.258. The van der Waals surface area contributed by atoms with E-state index in [4.69, 9.17) is 0 Å². The maximum atomic E-state index is 11.7. The number of allylic oxidation sites excluding steroid dienone is 4. The molecule has 3 rings (SSSR count). The van der Waals surface area contributed by atoms with Gasteiger partial charge in [-0.3, -0.25) is 5.32 Å². The van der Waals surface area contributed by atoms with Crippen LogP contribution in [0.1, 0.15) is 42.5 Å². The molecule has 0 bridgehead atoms. The van der Waals surface area contributed by atoms with Crippen molar-refractivity contribution >= 4 is 17.4 Å². The van der Waals surface area contributed by atoms with Crippen LogP contribution in [0.4, 0.5) is 10.6 Å². The Morgan fingerprint density at radius 3 is 3.00 bits per heavy atom. The van der Waals surface area contributed by atoms with E-state index >= 15 is 0 Å². The number of piperidine rings is 1. The second-order valence-corrected chi connectivity index (χ2v) is 6.28. The Morgan fingerprint density at radius 2 is 2.32 bits per heavy atom. The molecule has 25 heavy (non-hydrogen) atoms. The van der Waals surface area contributed by atoms with Gasteiger partial charge in [-0.05, 0) is 49.9 Å². The first kappa shape index (κ1) is 17.2. The minimum absolute atomic E-state index is 0.109. The van der Waals surface area contributed by atoms with Gasteiger partial charge in [0, 0.05) is 24.2 Å². The minimum Gasteiger partial charge on any atom is -0.507 e. The molecule has 2 amide bonds. The predicted octanol–water partition coefficient (Wildman–Crippen LogP) is 3.21. The molecule has 3 heterocycles. The molecule has 1 aromatic heterocycles. The van der Waals surface area contributed by atoms with E-state index in [1.165, 1.54) is 0 Å². The average Bonchev–Trinajstić information content (AvgIpc) is 2.62. The maximum Gasteiger partial charge on any atom is 0.320 e.